The van der Waals surface area contributed by atoms with Gasteiger partial charge < -0.3 is 15.2 Å². The minimum absolute atomic E-state index is 0.256. The van der Waals surface area contributed by atoms with Crippen LogP contribution >= 0.6 is 15.9 Å². The van der Waals surface area contributed by atoms with Crippen LogP contribution in [0.5, 0.6) is 11.5 Å². The smallest absolute Gasteiger partial charge is 0.139 e. The number of methoxy groups -OCH3 is 1. The van der Waals surface area contributed by atoms with E-state index in [1.54, 1.807) is 13.2 Å². The Labute approximate surface area is 132 Å². The van der Waals surface area contributed by atoms with Gasteiger partial charge in [0.05, 0.1) is 11.6 Å². The second-order valence-corrected chi connectivity index (χ2v) is 5.60. The van der Waals surface area contributed by atoms with Crippen LogP contribution in [0.3, 0.4) is 0 Å². The van der Waals surface area contributed by atoms with Gasteiger partial charge in [-0.1, -0.05) is 12.1 Å². The van der Waals surface area contributed by atoms with Gasteiger partial charge in [0.25, 0.3) is 0 Å². The van der Waals surface area contributed by atoms with Gasteiger partial charge in [-0.25, -0.2) is 4.39 Å². The van der Waals surface area contributed by atoms with Crippen molar-refractivity contribution in [2.24, 2.45) is 5.73 Å². The number of hydrogen-bond acceptors (Lipinski definition) is 3. The van der Waals surface area contributed by atoms with Gasteiger partial charge in [0.2, 0.25) is 0 Å². The van der Waals surface area contributed by atoms with E-state index in [2.05, 4.69) is 15.9 Å². The number of halogens is 2. The average molecular weight is 354 g/mol. The van der Waals surface area contributed by atoms with Crippen molar-refractivity contribution >= 4 is 15.9 Å². The number of nitrogens with two attached hydrogens (primary N) is 1. The second kappa shape index (κ2) is 6.91. The summed E-state index contributed by atoms with van der Waals surface area (Å²) in [5, 5.41) is 0. The maximum absolute atomic E-state index is 13.4. The number of rotatable bonds is 5. The Bertz CT molecular complexity index is 602. The molecule has 0 saturated heterocycles. The molecule has 0 aliphatic heterocycles. The first-order valence-electron chi connectivity index (χ1n) is 6.52. The first kappa shape index (κ1) is 15.8. The van der Waals surface area contributed by atoms with Crippen LogP contribution in [0, 0.1) is 5.82 Å². The lowest BCUT2D eigenvalue weighted by molar-refractivity contribution is 0.178. The highest BCUT2D eigenvalue weighted by molar-refractivity contribution is 9.10. The summed E-state index contributed by atoms with van der Waals surface area (Å²) in [5.74, 6) is 0.827. The molecule has 2 unspecified atom stereocenters. The zero-order chi connectivity index (χ0) is 15.4. The van der Waals surface area contributed by atoms with Gasteiger partial charge in [0.1, 0.15) is 23.4 Å². The molecule has 0 aromatic heterocycles. The zero-order valence-corrected chi connectivity index (χ0v) is 13.4. The summed E-state index contributed by atoms with van der Waals surface area (Å²) in [5.41, 5.74) is 6.91. The Morgan fingerprint density at radius 2 is 1.81 bits per heavy atom. The third-order valence-corrected chi connectivity index (χ3v) is 3.72. The summed E-state index contributed by atoms with van der Waals surface area (Å²) in [6.07, 6.45) is -0.381. The largest absolute Gasteiger partial charge is 0.497 e. The van der Waals surface area contributed by atoms with Gasteiger partial charge in [-0.15, -0.1) is 0 Å². The van der Waals surface area contributed by atoms with Crippen molar-refractivity contribution in [3.63, 3.8) is 0 Å². The maximum Gasteiger partial charge on any atom is 0.139 e. The van der Waals surface area contributed by atoms with Gasteiger partial charge in [0.15, 0.2) is 0 Å². The molecule has 0 saturated carbocycles. The lowest BCUT2D eigenvalue weighted by Crippen LogP contribution is -2.29. The first-order valence-corrected chi connectivity index (χ1v) is 7.32. The molecule has 0 heterocycles. The van der Waals surface area contributed by atoms with E-state index < -0.39 is 0 Å². The standard InChI is InChI=1S/C16H17BrFNO2/c1-10(19)16(11-3-6-13(20-2)7-4-11)21-15-9-12(18)5-8-14(15)17/h3-10,16H,19H2,1-2H3. The Kier molecular flexibility index (Phi) is 5.20. The molecule has 112 valence electrons. The molecule has 2 aromatic rings. The quantitative estimate of drug-likeness (QED) is 0.881. The van der Waals surface area contributed by atoms with Crippen LogP contribution < -0.4 is 15.2 Å². The van der Waals surface area contributed by atoms with E-state index in [1.165, 1.54) is 12.1 Å². The molecule has 0 fully saturated rings. The number of hydrogen-bond donors (Lipinski definition) is 1. The van der Waals surface area contributed by atoms with Crippen LogP contribution in [0.25, 0.3) is 0 Å². The fourth-order valence-electron chi connectivity index (χ4n) is 1.98. The first-order chi connectivity index (χ1) is 10.0. The van der Waals surface area contributed by atoms with Crippen molar-refractivity contribution in [1.29, 1.82) is 0 Å². The molecule has 2 rings (SSSR count). The molecule has 2 aromatic carbocycles. The van der Waals surface area contributed by atoms with Crippen LogP contribution in [-0.2, 0) is 0 Å². The minimum Gasteiger partial charge on any atom is -0.497 e. The van der Waals surface area contributed by atoms with Crippen LogP contribution in [0.1, 0.15) is 18.6 Å². The molecule has 5 heteroatoms. The molecule has 0 radical (unpaired) electrons. The molecule has 0 amide bonds. The summed E-state index contributed by atoms with van der Waals surface area (Å²) in [6, 6.07) is 11.5. The second-order valence-electron chi connectivity index (χ2n) is 4.75. The average Bonchev–Trinajstić information content (AvgIpc) is 2.48. The normalized spacial score (nSPS) is 13.6. The lowest BCUT2D eigenvalue weighted by Gasteiger charge is -2.23. The highest BCUT2D eigenvalue weighted by Gasteiger charge is 2.19. The summed E-state index contributed by atoms with van der Waals surface area (Å²) in [4.78, 5) is 0. The highest BCUT2D eigenvalue weighted by atomic mass is 79.9. The monoisotopic (exact) mass is 353 g/mol. The fraction of sp³-hybridized carbons (Fsp3) is 0.250. The van der Waals surface area contributed by atoms with Crippen molar-refractivity contribution < 1.29 is 13.9 Å². The Balaban J connectivity index is 2.28. The van der Waals surface area contributed by atoms with Crippen LogP contribution in [0.4, 0.5) is 4.39 Å². The van der Waals surface area contributed by atoms with Crippen LogP contribution in [0.15, 0.2) is 46.9 Å². The third-order valence-electron chi connectivity index (χ3n) is 3.07. The predicted octanol–water partition coefficient (Wildman–Crippen LogP) is 4.06. The van der Waals surface area contributed by atoms with E-state index in [0.29, 0.717) is 10.2 Å². The predicted molar refractivity (Wildman–Crippen MR) is 84.1 cm³/mol. The van der Waals surface area contributed by atoms with Crippen LogP contribution in [0.2, 0.25) is 0 Å². The molecule has 2 atom stereocenters. The number of benzene rings is 2. The third kappa shape index (κ3) is 3.95. The molecule has 0 bridgehead atoms. The molecule has 21 heavy (non-hydrogen) atoms. The zero-order valence-electron chi connectivity index (χ0n) is 11.8. The summed E-state index contributed by atoms with van der Waals surface area (Å²) in [7, 11) is 1.61. The molecule has 3 nitrogen and oxygen atoms in total. The highest BCUT2D eigenvalue weighted by Crippen LogP contribution is 2.31. The summed E-state index contributed by atoms with van der Waals surface area (Å²) >= 11 is 3.35. The van der Waals surface area contributed by atoms with Crippen molar-refractivity contribution in [1.82, 2.24) is 0 Å². The van der Waals surface area contributed by atoms with Gasteiger partial charge in [0, 0.05) is 12.1 Å². The fourth-order valence-corrected chi connectivity index (χ4v) is 2.32. The Morgan fingerprint density at radius 3 is 2.38 bits per heavy atom. The molecule has 2 N–H and O–H groups in total. The van der Waals surface area contributed by atoms with Crippen molar-refractivity contribution in [3.8, 4) is 11.5 Å². The molecule has 0 aliphatic carbocycles. The minimum atomic E-state index is -0.381. The van der Waals surface area contributed by atoms with Crippen molar-refractivity contribution in [2.75, 3.05) is 7.11 Å². The van der Waals surface area contributed by atoms with E-state index in [0.717, 1.165) is 11.3 Å². The van der Waals surface area contributed by atoms with Crippen molar-refractivity contribution in [2.45, 2.75) is 19.1 Å². The Hall–Kier alpha value is -1.59. The summed E-state index contributed by atoms with van der Waals surface area (Å²) < 4.78 is 25.1. The SMILES string of the molecule is COc1ccc(C(Oc2cc(F)ccc2Br)C(C)N)cc1. The topological polar surface area (TPSA) is 44.5 Å². The lowest BCUT2D eigenvalue weighted by atomic mass is 10.0. The van der Waals surface area contributed by atoms with E-state index >= 15 is 0 Å². The summed E-state index contributed by atoms with van der Waals surface area (Å²) in [6.45, 7) is 1.85. The number of ether oxygens (including phenoxy) is 2. The van der Waals surface area contributed by atoms with Crippen molar-refractivity contribution in [3.05, 3.63) is 58.3 Å². The van der Waals surface area contributed by atoms with Gasteiger partial charge >= 0.3 is 0 Å². The van der Waals surface area contributed by atoms with Gasteiger partial charge in [-0.3, -0.25) is 0 Å². The molecular formula is C16H17BrFNO2. The van der Waals surface area contributed by atoms with Crippen LogP contribution in [-0.4, -0.2) is 13.2 Å². The molecule has 0 spiro atoms. The van der Waals surface area contributed by atoms with Gasteiger partial charge in [-0.05, 0) is 52.7 Å². The maximum atomic E-state index is 13.4. The van der Waals surface area contributed by atoms with E-state index in [4.69, 9.17) is 15.2 Å². The van der Waals surface area contributed by atoms with E-state index in [1.807, 2.05) is 31.2 Å². The van der Waals surface area contributed by atoms with E-state index in [9.17, 15) is 4.39 Å². The molecule has 0 aliphatic rings. The Morgan fingerprint density at radius 1 is 1.14 bits per heavy atom. The van der Waals surface area contributed by atoms with Gasteiger partial charge in [-0.2, -0.15) is 0 Å². The molecular weight excluding hydrogens is 337 g/mol. The van der Waals surface area contributed by atoms with E-state index in [-0.39, 0.29) is 18.0 Å².